The smallest absolute Gasteiger partial charge is 0.228 e. The molecule has 1 heterocycles. The molecular formula is C21H31NO. The van der Waals surface area contributed by atoms with Gasteiger partial charge >= 0.3 is 0 Å². The molecule has 1 aromatic rings. The average Bonchev–Trinajstić information content (AvgIpc) is 2.52. The number of hydrogen-bond acceptors (Lipinski definition) is 1. The summed E-state index contributed by atoms with van der Waals surface area (Å²) in [6.45, 7) is 8.56. The van der Waals surface area contributed by atoms with Gasteiger partial charge in [0.05, 0.1) is 0 Å². The van der Waals surface area contributed by atoms with Gasteiger partial charge in [-0.3, -0.25) is 4.79 Å². The number of carbonyl (C=O) groups excluding carboxylic acids is 1. The maximum absolute atomic E-state index is 12.6. The zero-order valence-corrected chi connectivity index (χ0v) is 15.0. The number of rotatable bonds is 4. The van der Waals surface area contributed by atoms with Crippen molar-refractivity contribution >= 4 is 5.91 Å². The first-order chi connectivity index (χ1) is 11.0. The van der Waals surface area contributed by atoms with Crippen molar-refractivity contribution in [2.75, 3.05) is 13.1 Å². The van der Waals surface area contributed by atoms with Crippen LogP contribution in [0, 0.1) is 11.3 Å². The molecule has 2 fully saturated rings. The number of carbonyl (C=O) groups is 1. The minimum atomic E-state index is -0.0364. The van der Waals surface area contributed by atoms with Gasteiger partial charge in [-0.1, -0.05) is 51.5 Å². The van der Waals surface area contributed by atoms with E-state index in [-0.39, 0.29) is 5.41 Å². The van der Waals surface area contributed by atoms with Gasteiger partial charge in [-0.15, -0.1) is 0 Å². The van der Waals surface area contributed by atoms with Gasteiger partial charge in [-0.25, -0.2) is 0 Å². The lowest BCUT2D eigenvalue weighted by Gasteiger charge is -2.43. The van der Waals surface area contributed by atoms with Crippen molar-refractivity contribution in [3.63, 3.8) is 0 Å². The molecule has 0 spiro atoms. The maximum atomic E-state index is 12.6. The van der Waals surface area contributed by atoms with Crippen LogP contribution < -0.4 is 0 Å². The van der Waals surface area contributed by atoms with E-state index in [9.17, 15) is 4.79 Å². The van der Waals surface area contributed by atoms with Crippen LogP contribution >= 0.6 is 0 Å². The van der Waals surface area contributed by atoms with Gasteiger partial charge in [-0.2, -0.15) is 0 Å². The van der Waals surface area contributed by atoms with Gasteiger partial charge in [-0.05, 0) is 55.1 Å². The van der Waals surface area contributed by atoms with E-state index in [0.717, 1.165) is 45.2 Å². The third-order valence-electron chi connectivity index (χ3n) is 5.85. The predicted molar refractivity (Wildman–Crippen MR) is 95.5 cm³/mol. The Balaban J connectivity index is 1.55. The summed E-state index contributed by atoms with van der Waals surface area (Å²) < 4.78 is 0. The Morgan fingerprint density at radius 3 is 2.26 bits per heavy atom. The molecule has 3 rings (SSSR count). The Bertz CT molecular complexity index is 533. The number of hydrogen-bond donors (Lipinski definition) is 0. The van der Waals surface area contributed by atoms with E-state index in [1.807, 2.05) is 0 Å². The van der Waals surface area contributed by atoms with Gasteiger partial charge in [0.2, 0.25) is 5.91 Å². The number of likely N-dealkylation sites (tertiary alicyclic amines) is 1. The summed E-state index contributed by atoms with van der Waals surface area (Å²) in [5.74, 6) is 1.75. The van der Waals surface area contributed by atoms with E-state index in [0.29, 0.717) is 17.7 Å². The molecule has 0 bridgehead atoms. The zero-order chi connectivity index (χ0) is 16.4. The molecule has 1 saturated carbocycles. The lowest BCUT2D eigenvalue weighted by atomic mass is 9.69. The molecule has 23 heavy (non-hydrogen) atoms. The summed E-state index contributed by atoms with van der Waals surface area (Å²) in [6.07, 6.45) is 6.79. The van der Waals surface area contributed by atoms with Crippen molar-refractivity contribution < 1.29 is 4.79 Å². The zero-order valence-electron chi connectivity index (χ0n) is 15.0. The van der Waals surface area contributed by atoms with E-state index >= 15 is 0 Å². The molecule has 1 aromatic carbocycles. The average molecular weight is 313 g/mol. The maximum Gasteiger partial charge on any atom is 0.228 e. The third-order valence-corrected chi connectivity index (χ3v) is 5.85. The van der Waals surface area contributed by atoms with Crippen LogP contribution in [-0.2, 0) is 11.2 Å². The highest BCUT2D eigenvalue weighted by Crippen LogP contribution is 2.42. The molecule has 0 N–H and O–H groups in total. The molecule has 1 saturated heterocycles. The van der Waals surface area contributed by atoms with E-state index in [1.165, 1.54) is 17.5 Å². The standard InChI is InChI=1S/C21H31NO/c1-16(2)15-17-5-7-18(8-6-17)19-9-13-22(14-10-19)20(23)21(3)11-4-12-21/h5-8,16,19H,4,9-15H2,1-3H3. The first-order valence-electron chi connectivity index (χ1n) is 9.36. The molecule has 2 nitrogen and oxygen atoms in total. The fourth-order valence-electron chi connectivity index (χ4n) is 4.12. The summed E-state index contributed by atoms with van der Waals surface area (Å²) in [5.41, 5.74) is 2.86. The van der Waals surface area contributed by atoms with Crippen molar-refractivity contribution in [3.8, 4) is 0 Å². The van der Waals surface area contributed by atoms with Crippen molar-refractivity contribution in [2.45, 2.75) is 65.2 Å². The highest BCUT2D eigenvalue weighted by Gasteiger charge is 2.42. The molecule has 1 aliphatic carbocycles. The predicted octanol–water partition coefficient (Wildman–Crippen LogP) is 4.78. The van der Waals surface area contributed by atoms with Crippen LogP contribution in [0.4, 0.5) is 0 Å². The van der Waals surface area contributed by atoms with Crippen LogP contribution in [0.1, 0.15) is 69.9 Å². The Morgan fingerprint density at radius 2 is 1.78 bits per heavy atom. The van der Waals surface area contributed by atoms with Gasteiger partial charge < -0.3 is 4.90 Å². The van der Waals surface area contributed by atoms with Crippen molar-refractivity contribution in [2.24, 2.45) is 11.3 Å². The molecule has 0 aromatic heterocycles. The Kier molecular flexibility index (Phi) is 4.79. The molecule has 0 unspecified atom stereocenters. The number of nitrogens with zero attached hydrogens (tertiary/aromatic N) is 1. The van der Waals surface area contributed by atoms with Crippen LogP contribution in [0.3, 0.4) is 0 Å². The van der Waals surface area contributed by atoms with Crippen LogP contribution in [0.25, 0.3) is 0 Å². The van der Waals surface area contributed by atoms with E-state index in [1.54, 1.807) is 0 Å². The summed E-state index contributed by atoms with van der Waals surface area (Å²) in [4.78, 5) is 14.7. The third kappa shape index (κ3) is 3.62. The van der Waals surface area contributed by atoms with Crippen molar-refractivity contribution in [3.05, 3.63) is 35.4 Å². The quantitative estimate of drug-likeness (QED) is 0.783. The Hall–Kier alpha value is -1.31. The van der Waals surface area contributed by atoms with E-state index in [4.69, 9.17) is 0 Å². The largest absolute Gasteiger partial charge is 0.342 e. The summed E-state index contributed by atoms with van der Waals surface area (Å²) in [6, 6.07) is 9.21. The van der Waals surface area contributed by atoms with Gasteiger partial charge in [0.15, 0.2) is 0 Å². The van der Waals surface area contributed by atoms with Crippen LogP contribution in [-0.4, -0.2) is 23.9 Å². The SMILES string of the molecule is CC(C)Cc1ccc(C2CCN(C(=O)C3(C)CCC3)CC2)cc1. The molecular weight excluding hydrogens is 282 g/mol. The minimum Gasteiger partial charge on any atom is -0.342 e. The van der Waals surface area contributed by atoms with Gasteiger partial charge in [0.1, 0.15) is 0 Å². The summed E-state index contributed by atoms with van der Waals surface area (Å²) in [7, 11) is 0. The molecule has 2 heteroatoms. The van der Waals surface area contributed by atoms with Crippen LogP contribution in [0.5, 0.6) is 0 Å². The fraction of sp³-hybridized carbons (Fsp3) is 0.667. The van der Waals surface area contributed by atoms with Crippen LogP contribution in [0.15, 0.2) is 24.3 Å². The fourth-order valence-corrected chi connectivity index (χ4v) is 4.12. The molecule has 0 radical (unpaired) electrons. The number of benzene rings is 1. The highest BCUT2D eigenvalue weighted by molar-refractivity contribution is 5.83. The second-order valence-corrected chi connectivity index (χ2v) is 8.32. The topological polar surface area (TPSA) is 20.3 Å². The second-order valence-electron chi connectivity index (χ2n) is 8.32. The molecule has 1 amide bonds. The first-order valence-corrected chi connectivity index (χ1v) is 9.36. The number of piperidine rings is 1. The van der Waals surface area contributed by atoms with E-state index in [2.05, 4.69) is 49.9 Å². The summed E-state index contributed by atoms with van der Waals surface area (Å²) >= 11 is 0. The first kappa shape index (κ1) is 16.5. The monoisotopic (exact) mass is 313 g/mol. The molecule has 0 atom stereocenters. The van der Waals surface area contributed by atoms with Crippen molar-refractivity contribution in [1.82, 2.24) is 4.90 Å². The lowest BCUT2D eigenvalue weighted by molar-refractivity contribution is -0.147. The Labute approximate surface area is 141 Å². The second kappa shape index (κ2) is 6.67. The Morgan fingerprint density at radius 1 is 1.17 bits per heavy atom. The van der Waals surface area contributed by atoms with Gasteiger partial charge in [0.25, 0.3) is 0 Å². The highest BCUT2D eigenvalue weighted by atomic mass is 16.2. The minimum absolute atomic E-state index is 0.0364. The lowest BCUT2D eigenvalue weighted by Crippen LogP contribution is -2.48. The summed E-state index contributed by atoms with van der Waals surface area (Å²) in [5, 5.41) is 0. The number of amides is 1. The van der Waals surface area contributed by atoms with E-state index < -0.39 is 0 Å². The normalized spacial score (nSPS) is 21.3. The molecule has 2 aliphatic rings. The molecule has 126 valence electrons. The molecule has 1 aliphatic heterocycles. The van der Waals surface area contributed by atoms with Crippen LogP contribution in [0.2, 0.25) is 0 Å². The van der Waals surface area contributed by atoms with Crippen molar-refractivity contribution in [1.29, 1.82) is 0 Å². The van der Waals surface area contributed by atoms with Gasteiger partial charge in [0, 0.05) is 18.5 Å².